The van der Waals surface area contributed by atoms with Gasteiger partial charge in [0, 0.05) is 19.0 Å². The van der Waals surface area contributed by atoms with Crippen molar-refractivity contribution in [2.75, 3.05) is 6.61 Å². The molecule has 5 nitrogen and oxygen atoms in total. The van der Waals surface area contributed by atoms with E-state index in [9.17, 15) is 9.59 Å². The van der Waals surface area contributed by atoms with Gasteiger partial charge in [0.1, 0.15) is 11.8 Å². The normalized spacial score (nSPS) is 11.7. The van der Waals surface area contributed by atoms with E-state index in [0.717, 1.165) is 22.3 Å². The Balaban J connectivity index is 1.88. The van der Waals surface area contributed by atoms with Crippen LogP contribution in [0.4, 0.5) is 0 Å². The molecule has 0 aromatic heterocycles. The summed E-state index contributed by atoms with van der Waals surface area (Å²) in [5.41, 5.74) is 4.21. The van der Waals surface area contributed by atoms with Crippen LogP contribution in [0.5, 0.6) is 5.75 Å². The zero-order valence-corrected chi connectivity index (χ0v) is 20.5. The maximum absolute atomic E-state index is 13.5. The van der Waals surface area contributed by atoms with Gasteiger partial charge in [-0.25, -0.2) is 0 Å². The highest BCUT2D eigenvalue weighted by molar-refractivity contribution is 5.88. The number of ether oxygens (including phenoxy) is 1. The minimum atomic E-state index is -0.666. The van der Waals surface area contributed by atoms with Crippen LogP contribution < -0.4 is 10.1 Å². The average molecular weight is 459 g/mol. The molecule has 1 N–H and O–H groups in total. The van der Waals surface area contributed by atoms with Crippen LogP contribution >= 0.6 is 0 Å². The number of amides is 2. The number of nitrogens with one attached hydrogen (secondary N) is 1. The minimum Gasteiger partial charge on any atom is -0.484 e. The lowest BCUT2D eigenvalue weighted by Gasteiger charge is -2.32. The molecule has 0 spiro atoms. The summed E-state index contributed by atoms with van der Waals surface area (Å²) in [6.45, 7) is 8.06. The molecule has 0 radical (unpaired) electrons. The quantitative estimate of drug-likeness (QED) is 0.473. The molecule has 0 fully saturated rings. The molecule has 0 bridgehead atoms. The van der Waals surface area contributed by atoms with Crippen molar-refractivity contribution >= 4 is 11.8 Å². The molecule has 0 unspecified atom stereocenters. The van der Waals surface area contributed by atoms with Crippen LogP contribution in [0.3, 0.4) is 0 Å². The zero-order valence-electron chi connectivity index (χ0n) is 20.5. The molecule has 0 heterocycles. The summed E-state index contributed by atoms with van der Waals surface area (Å²) in [7, 11) is 0. The summed E-state index contributed by atoms with van der Waals surface area (Å²) in [5, 5.41) is 3.00. The predicted molar refractivity (Wildman–Crippen MR) is 136 cm³/mol. The fraction of sp³-hybridized carbons (Fsp3) is 0.310. The van der Waals surface area contributed by atoms with Crippen LogP contribution in [0, 0.1) is 13.8 Å². The van der Waals surface area contributed by atoms with Gasteiger partial charge in [0.15, 0.2) is 6.61 Å². The largest absolute Gasteiger partial charge is 0.484 e. The van der Waals surface area contributed by atoms with Gasteiger partial charge in [-0.05, 0) is 62.1 Å². The Hall–Kier alpha value is -3.60. The molecule has 0 saturated carbocycles. The van der Waals surface area contributed by atoms with Crippen molar-refractivity contribution in [2.45, 2.75) is 52.7 Å². The van der Waals surface area contributed by atoms with Crippen LogP contribution in [-0.2, 0) is 22.6 Å². The lowest BCUT2D eigenvalue weighted by atomic mass is 10.0. The van der Waals surface area contributed by atoms with E-state index in [-0.39, 0.29) is 24.5 Å². The van der Waals surface area contributed by atoms with Gasteiger partial charge in [-0.3, -0.25) is 9.59 Å². The van der Waals surface area contributed by atoms with Gasteiger partial charge in [0.2, 0.25) is 5.91 Å². The molecule has 0 aliphatic rings. The summed E-state index contributed by atoms with van der Waals surface area (Å²) in [6.07, 6.45) is 0.418. The van der Waals surface area contributed by atoms with E-state index in [0.29, 0.717) is 18.7 Å². The Morgan fingerprint density at radius 3 is 2.06 bits per heavy atom. The first-order valence-corrected chi connectivity index (χ1v) is 11.7. The summed E-state index contributed by atoms with van der Waals surface area (Å²) in [4.78, 5) is 28.5. The van der Waals surface area contributed by atoms with Gasteiger partial charge in [0.25, 0.3) is 5.91 Å². The van der Waals surface area contributed by atoms with Crippen molar-refractivity contribution < 1.29 is 14.3 Å². The van der Waals surface area contributed by atoms with Crippen LogP contribution in [-0.4, -0.2) is 35.4 Å². The van der Waals surface area contributed by atoms with E-state index in [1.54, 1.807) is 4.90 Å². The van der Waals surface area contributed by atoms with Gasteiger partial charge in [0.05, 0.1) is 0 Å². The fourth-order valence-corrected chi connectivity index (χ4v) is 3.75. The first-order chi connectivity index (χ1) is 16.3. The maximum Gasteiger partial charge on any atom is 0.261 e. The zero-order chi connectivity index (χ0) is 24.5. The monoisotopic (exact) mass is 458 g/mol. The molecule has 1 atom stereocenters. The Morgan fingerprint density at radius 1 is 0.853 bits per heavy atom. The Bertz CT molecular complexity index is 1080. The van der Waals surface area contributed by atoms with Gasteiger partial charge in [-0.2, -0.15) is 0 Å². The lowest BCUT2D eigenvalue weighted by molar-refractivity contribution is -0.143. The smallest absolute Gasteiger partial charge is 0.261 e. The molecule has 0 aliphatic heterocycles. The van der Waals surface area contributed by atoms with Crippen molar-refractivity contribution in [2.24, 2.45) is 0 Å². The number of carbonyl (C=O) groups excluding carboxylic acids is 2. The van der Waals surface area contributed by atoms with Gasteiger partial charge < -0.3 is 15.0 Å². The number of aryl methyl sites for hydroxylation is 2. The highest BCUT2D eigenvalue weighted by Crippen LogP contribution is 2.18. The standard InChI is InChI=1S/C29H34N2O3/c1-21(2)30-29(33)27(18-24-11-7-5-8-12-24)31(19-25-13-9-6-10-14-25)28(32)20-34-26-16-15-22(3)23(4)17-26/h5-17,21,27H,18-20H2,1-4H3,(H,30,33)/t27-/m0/s1. The number of hydrogen-bond acceptors (Lipinski definition) is 3. The van der Waals surface area contributed by atoms with Crippen molar-refractivity contribution in [1.29, 1.82) is 0 Å². The Labute approximate surface area is 202 Å². The van der Waals surface area contributed by atoms with Crippen molar-refractivity contribution in [3.05, 3.63) is 101 Å². The van der Waals surface area contributed by atoms with Crippen LogP contribution in [0.25, 0.3) is 0 Å². The second-order valence-corrected chi connectivity index (χ2v) is 8.91. The number of hydrogen-bond donors (Lipinski definition) is 1. The first-order valence-electron chi connectivity index (χ1n) is 11.7. The average Bonchev–Trinajstić information content (AvgIpc) is 2.82. The molecule has 34 heavy (non-hydrogen) atoms. The van der Waals surface area contributed by atoms with Crippen LogP contribution in [0.1, 0.15) is 36.1 Å². The number of rotatable bonds is 10. The maximum atomic E-state index is 13.5. The van der Waals surface area contributed by atoms with Crippen molar-refractivity contribution in [3.63, 3.8) is 0 Å². The minimum absolute atomic E-state index is 0.0359. The molecule has 3 aromatic rings. The third-order valence-electron chi connectivity index (χ3n) is 5.74. The topological polar surface area (TPSA) is 58.6 Å². The Morgan fingerprint density at radius 2 is 1.47 bits per heavy atom. The van der Waals surface area contributed by atoms with E-state index in [1.165, 1.54) is 0 Å². The number of benzene rings is 3. The molecule has 5 heteroatoms. The second-order valence-electron chi connectivity index (χ2n) is 8.91. The molecule has 3 rings (SSSR count). The highest BCUT2D eigenvalue weighted by atomic mass is 16.5. The predicted octanol–water partition coefficient (Wildman–Crippen LogP) is 4.85. The van der Waals surface area contributed by atoms with E-state index < -0.39 is 6.04 Å². The van der Waals surface area contributed by atoms with E-state index in [1.807, 2.05) is 107 Å². The summed E-state index contributed by atoms with van der Waals surface area (Å²) >= 11 is 0. The molecule has 0 saturated heterocycles. The third kappa shape index (κ3) is 7.20. The van der Waals surface area contributed by atoms with Gasteiger partial charge in [-0.15, -0.1) is 0 Å². The highest BCUT2D eigenvalue weighted by Gasteiger charge is 2.31. The Kier molecular flexibility index (Phi) is 8.86. The van der Waals surface area contributed by atoms with Gasteiger partial charge in [-0.1, -0.05) is 66.7 Å². The van der Waals surface area contributed by atoms with Crippen LogP contribution in [0.2, 0.25) is 0 Å². The fourth-order valence-electron chi connectivity index (χ4n) is 3.75. The second kappa shape index (κ2) is 12.0. The first kappa shape index (κ1) is 25.0. The summed E-state index contributed by atoms with van der Waals surface area (Å²) in [5.74, 6) is 0.235. The lowest BCUT2D eigenvalue weighted by Crippen LogP contribution is -2.52. The molecule has 0 aliphatic carbocycles. The van der Waals surface area contributed by atoms with Crippen LogP contribution in [0.15, 0.2) is 78.9 Å². The molecule has 3 aromatic carbocycles. The molecular formula is C29H34N2O3. The summed E-state index contributed by atoms with van der Waals surface area (Å²) < 4.78 is 5.86. The summed E-state index contributed by atoms with van der Waals surface area (Å²) in [6, 6.07) is 24.6. The molecule has 178 valence electrons. The number of nitrogens with zero attached hydrogens (tertiary/aromatic N) is 1. The SMILES string of the molecule is Cc1ccc(OCC(=O)N(Cc2ccccc2)[C@@H](Cc2ccccc2)C(=O)NC(C)C)cc1C. The number of carbonyl (C=O) groups is 2. The van der Waals surface area contributed by atoms with Crippen molar-refractivity contribution in [3.8, 4) is 5.75 Å². The molecular weight excluding hydrogens is 424 g/mol. The molecule has 2 amide bonds. The van der Waals surface area contributed by atoms with E-state index in [4.69, 9.17) is 4.74 Å². The van der Waals surface area contributed by atoms with E-state index in [2.05, 4.69) is 5.32 Å². The van der Waals surface area contributed by atoms with E-state index >= 15 is 0 Å². The van der Waals surface area contributed by atoms with Crippen molar-refractivity contribution in [1.82, 2.24) is 10.2 Å². The third-order valence-corrected chi connectivity index (χ3v) is 5.74. The van der Waals surface area contributed by atoms with Gasteiger partial charge >= 0.3 is 0 Å².